The average molecular weight is 237 g/mol. The molecule has 0 aromatic carbocycles. The third kappa shape index (κ3) is 3.30. The molecule has 0 amide bonds. The summed E-state index contributed by atoms with van der Waals surface area (Å²) in [6, 6.07) is 2.73. The molecule has 2 rings (SSSR count). The van der Waals surface area contributed by atoms with E-state index in [1.165, 1.54) is 13.0 Å². The number of hydrogen-bond donors (Lipinski definition) is 1. The Bertz CT molecular complexity index is 350. The van der Waals surface area contributed by atoms with Gasteiger partial charge in [0.2, 0.25) is 0 Å². The van der Waals surface area contributed by atoms with Crippen LogP contribution in [0.2, 0.25) is 0 Å². The zero-order valence-corrected chi connectivity index (χ0v) is 11.1. The van der Waals surface area contributed by atoms with Gasteiger partial charge < -0.3 is 9.84 Å². The maximum atomic E-state index is 5.38. The number of nitrogens with one attached hydrogen (secondary N) is 1. The van der Waals surface area contributed by atoms with Crippen LogP contribution in [-0.2, 0) is 13.1 Å². The van der Waals surface area contributed by atoms with Crippen LogP contribution in [0.4, 0.5) is 0 Å². The number of hydrogen-bond acceptors (Lipinski definition) is 4. The molecule has 0 saturated carbocycles. The summed E-state index contributed by atoms with van der Waals surface area (Å²) in [5, 5.41) is 7.33. The van der Waals surface area contributed by atoms with Gasteiger partial charge in [-0.05, 0) is 25.8 Å². The van der Waals surface area contributed by atoms with Crippen LogP contribution in [0.1, 0.15) is 38.6 Å². The predicted octanol–water partition coefficient (Wildman–Crippen LogP) is 2.01. The molecule has 17 heavy (non-hydrogen) atoms. The summed E-state index contributed by atoms with van der Waals surface area (Å²) in [7, 11) is 0. The molecular formula is C13H23N3O. The van der Waals surface area contributed by atoms with Gasteiger partial charge in [0.15, 0.2) is 5.76 Å². The first-order valence-electron chi connectivity index (χ1n) is 6.58. The lowest BCUT2D eigenvalue weighted by molar-refractivity contribution is 0.223. The van der Waals surface area contributed by atoms with Crippen molar-refractivity contribution in [1.29, 1.82) is 0 Å². The zero-order valence-electron chi connectivity index (χ0n) is 11.1. The van der Waals surface area contributed by atoms with Crippen LogP contribution in [0.25, 0.3) is 0 Å². The fraction of sp³-hybridized carbons (Fsp3) is 0.769. The quantitative estimate of drug-likeness (QED) is 0.850. The molecule has 0 radical (unpaired) electrons. The van der Waals surface area contributed by atoms with Crippen molar-refractivity contribution in [2.45, 2.75) is 46.3 Å². The topological polar surface area (TPSA) is 41.3 Å². The van der Waals surface area contributed by atoms with E-state index in [9.17, 15) is 0 Å². The van der Waals surface area contributed by atoms with Gasteiger partial charge in [0.05, 0.1) is 12.2 Å². The van der Waals surface area contributed by atoms with E-state index in [0.717, 1.165) is 37.0 Å². The minimum absolute atomic E-state index is 0.660. The van der Waals surface area contributed by atoms with Gasteiger partial charge in [-0.15, -0.1) is 0 Å². The Labute approximate surface area is 103 Å². The normalized spacial score (nSPS) is 25.6. The highest BCUT2D eigenvalue weighted by atomic mass is 16.5. The first-order valence-corrected chi connectivity index (χ1v) is 6.58. The molecule has 4 nitrogen and oxygen atoms in total. The number of likely N-dealkylation sites (tertiary alicyclic amines) is 1. The van der Waals surface area contributed by atoms with Crippen LogP contribution in [0.15, 0.2) is 10.6 Å². The third-order valence-corrected chi connectivity index (χ3v) is 3.44. The van der Waals surface area contributed by atoms with E-state index in [4.69, 9.17) is 4.52 Å². The molecule has 1 aliphatic rings. The molecule has 96 valence electrons. The summed E-state index contributed by atoms with van der Waals surface area (Å²) in [5.74, 6) is 1.79. The minimum Gasteiger partial charge on any atom is -0.360 e. The fourth-order valence-electron chi connectivity index (χ4n) is 2.57. The molecule has 2 atom stereocenters. The van der Waals surface area contributed by atoms with Gasteiger partial charge in [-0.2, -0.15) is 0 Å². The standard InChI is InChI=1S/C13H23N3O/c1-4-14-7-12-6-13(17-15-12)9-16-8-10(2)5-11(16)3/h6,10-11,14H,4-5,7-9H2,1-3H3. The number of nitrogens with zero attached hydrogens (tertiary/aromatic N) is 2. The Morgan fingerprint density at radius 2 is 2.35 bits per heavy atom. The van der Waals surface area contributed by atoms with Crippen molar-refractivity contribution in [3.05, 3.63) is 17.5 Å². The van der Waals surface area contributed by atoms with Crippen molar-refractivity contribution in [2.24, 2.45) is 5.92 Å². The molecule has 0 bridgehead atoms. The molecule has 1 aromatic heterocycles. The molecule has 1 N–H and O–H groups in total. The molecule has 1 fully saturated rings. The molecule has 1 aliphatic heterocycles. The summed E-state index contributed by atoms with van der Waals surface area (Å²) in [6.45, 7) is 10.5. The summed E-state index contributed by atoms with van der Waals surface area (Å²) in [6.07, 6.45) is 1.29. The highest BCUT2D eigenvalue weighted by molar-refractivity contribution is 5.05. The van der Waals surface area contributed by atoms with Crippen LogP contribution in [0.5, 0.6) is 0 Å². The van der Waals surface area contributed by atoms with E-state index < -0.39 is 0 Å². The molecule has 4 heteroatoms. The molecule has 0 aliphatic carbocycles. The van der Waals surface area contributed by atoms with E-state index in [2.05, 4.69) is 42.2 Å². The van der Waals surface area contributed by atoms with E-state index >= 15 is 0 Å². The SMILES string of the molecule is CCNCc1cc(CN2CC(C)CC2C)on1. The van der Waals surface area contributed by atoms with Crippen molar-refractivity contribution < 1.29 is 4.52 Å². The Kier molecular flexibility index (Phi) is 4.18. The second kappa shape index (κ2) is 5.65. The molecule has 1 saturated heterocycles. The van der Waals surface area contributed by atoms with Crippen LogP contribution in [0, 0.1) is 5.92 Å². The van der Waals surface area contributed by atoms with Crippen molar-refractivity contribution >= 4 is 0 Å². The van der Waals surface area contributed by atoms with E-state index in [1.54, 1.807) is 0 Å². The van der Waals surface area contributed by atoms with Crippen LogP contribution < -0.4 is 5.32 Å². The van der Waals surface area contributed by atoms with Gasteiger partial charge in [0, 0.05) is 25.2 Å². The van der Waals surface area contributed by atoms with Crippen LogP contribution in [-0.4, -0.2) is 29.2 Å². The first kappa shape index (κ1) is 12.6. The summed E-state index contributed by atoms with van der Waals surface area (Å²) in [5.41, 5.74) is 1.00. The van der Waals surface area contributed by atoms with E-state index in [1.807, 2.05) is 0 Å². The Morgan fingerprint density at radius 3 is 3.00 bits per heavy atom. The second-order valence-corrected chi connectivity index (χ2v) is 5.18. The first-order chi connectivity index (χ1) is 8.19. The Hall–Kier alpha value is -0.870. The lowest BCUT2D eigenvalue weighted by Crippen LogP contribution is -2.26. The van der Waals surface area contributed by atoms with Crippen LogP contribution in [0.3, 0.4) is 0 Å². The van der Waals surface area contributed by atoms with Gasteiger partial charge in [-0.25, -0.2) is 0 Å². The molecule has 1 aromatic rings. The largest absolute Gasteiger partial charge is 0.360 e. The van der Waals surface area contributed by atoms with Crippen molar-refractivity contribution in [3.8, 4) is 0 Å². The number of rotatable bonds is 5. The van der Waals surface area contributed by atoms with E-state index in [-0.39, 0.29) is 0 Å². The van der Waals surface area contributed by atoms with E-state index in [0.29, 0.717) is 6.04 Å². The zero-order chi connectivity index (χ0) is 12.3. The smallest absolute Gasteiger partial charge is 0.151 e. The highest BCUT2D eigenvalue weighted by Gasteiger charge is 2.26. The molecular weight excluding hydrogens is 214 g/mol. The molecule has 2 unspecified atom stereocenters. The lowest BCUT2D eigenvalue weighted by Gasteiger charge is -2.18. The Balaban J connectivity index is 1.88. The summed E-state index contributed by atoms with van der Waals surface area (Å²) in [4.78, 5) is 2.47. The summed E-state index contributed by atoms with van der Waals surface area (Å²) >= 11 is 0. The maximum Gasteiger partial charge on any atom is 0.151 e. The van der Waals surface area contributed by atoms with Gasteiger partial charge in [-0.3, -0.25) is 4.90 Å². The summed E-state index contributed by atoms with van der Waals surface area (Å²) < 4.78 is 5.38. The lowest BCUT2D eigenvalue weighted by atomic mass is 10.1. The van der Waals surface area contributed by atoms with Gasteiger partial charge in [-0.1, -0.05) is 19.0 Å². The highest BCUT2D eigenvalue weighted by Crippen LogP contribution is 2.24. The Morgan fingerprint density at radius 1 is 1.53 bits per heavy atom. The van der Waals surface area contributed by atoms with Crippen molar-refractivity contribution in [1.82, 2.24) is 15.4 Å². The van der Waals surface area contributed by atoms with Crippen LogP contribution >= 0.6 is 0 Å². The number of aromatic nitrogens is 1. The molecule has 2 heterocycles. The minimum atomic E-state index is 0.660. The second-order valence-electron chi connectivity index (χ2n) is 5.18. The average Bonchev–Trinajstić information content (AvgIpc) is 2.84. The van der Waals surface area contributed by atoms with Gasteiger partial charge in [0.1, 0.15) is 0 Å². The maximum absolute atomic E-state index is 5.38. The predicted molar refractivity (Wildman–Crippen MR) is 67.5 cm³/mol. The van der Waals surface area contributed by atoms with Crippen molar-refractivity contribution in [2.75, 3.05) is 13.1 Å². The van der Waals surface area contributed by atoms with Gasteiger partial charge >= 0.3 is 0 Å². The molecule has 0 spiro atoms. The fourth-order valence-corrected chi connectivity index (χ4v) is 2.57. The van der Waals surface area contributed by atoms with Crippen molar-refractivity contribution in [3.63, 3.8) is 0 Å². The van der Waals surface area contributed by atoms with Gasteiger partial charge in [0.25, 0.3) is 0 Å². The monoisotopic (exact) mass is 237 g/mol. The third-order valence-electron chi connectivity index (χ3n) is 3.44.